The second-order valence-electron chi connectivity index (χ2n) is 8.18. The normalized spacial score (nSPS) is 21.0. The molecule has 0 aromatic heterocycles. The first-order chi connectivity index (χ1) is 15.2. The van der Waals surface area contributed by atoms with Crippen molar-refractivity contribution in [2.24, 2.45) is 0 Å². The zero-order valence-electron chi connectivity index (χ0n) is 17.8. The topological polar surface area (TPSA) is 24.9 Å². The molecule has 1 saturated heterocycles. The summed E-state index contributed by atoms with van der Waals surface area (Å²) in [6.07, 6.45) is 5.99. The highest BCUT2D eigenvalue weighted by Gasteiger charge is 2.22. The zero-order chi connectivity index (χ0) is 21.5. The number of piperazine rings is 1. The first kappa shape index (κ1) is 21.9. The molecule has 0 amide bonds. The van der Waals surface area contributed by atoms with Crippen LogP contribution in [-0.2, 0) is 9.47 Å². The van der Waals surface area contributed by atoms with Gasteiger partial charge in [0.05, 0.1) is 12.9 Å². The summed E-state index contributed by atoms with van der Waals surface area (Å²) in [5.74, 6) is -1.70. The predicted molar refractivity (Wildman–Crippen MR) is 117 cm³/mol. The van der Waals surface area contributed by atoms with Crippen LogP contribution in [0.4, 0.5) is 8.78 Å². The third kappa shape index (κ3) is 6.12. The van der Waals surface area contributed by atoms with E-state index < -0.39 is 17.7 Å². The standard InChI is InChI=1S/C25H30F2N2O2/c26-23-10-9-21(18-24(23)27)25(20-6-2-1-3-7-20)31-17-15-28-11-13-29(14-12-28)19-22-8-4-5-16-30-22/h1-3,5-7,9-10,16,18,22,25H,4,8,11-15,17,19H2. The summed E-state index contributed by atoms with van der Waals surface area (Å²) in [6, 6.07) is 13.7. The van der Waals surface area contributed by atoms with Gasteiger partial charge in [-0.1, -0.05) is 36.4 Å². The highest BCUT2D eigenvalue weighted by Crippen LogP contribution is 2.27. The second kappa shape index (κ2) is 10.8. The van der Waals surface area contributed by atoms with Gasteiger partial charge < -0.3 is 9.47 Å². The average molecular weight is 429 g/mol. The van der Waals surface area contributed by atoms with Gasteiger partial charge in [-0.15, -0.1) is 0 Å². The van der Waals surface area contributed by atoms with E-state index in [0.717, 1.165) is 63.7 Å². The Labute approximate surface area is 183 Å². The van der Waals surface area contributed by atoms with Gasteiger partial charge in [-0.25, -0.2) is 8.78 Å². The second-order valence-corrected chi connectivity index (χ2v) is 8.18. The Morgan fingerprint density at radius 1 is 0.935 bits per heavy atom. The molecule has 2 unspecified atom stereocenters. The molecule has 2 aromatic rings. The van der Waals surface area contributed by atoms with Crippen molar-refractivity contribution < 1.29 is 18.3 Å². The van der Waals surface area contributed by atoms with Gasteiger partial charge in [-0.05, 0) is 42.2 Å². The van der Waals surface area contributed by atoms with Crippen LogP contribution in [0, 0.1) is 11.6 Å². The van der Waals surface area contributed by atoms with Crippen molar-refractivity contribution in [3.8, 4) is 0 Å². The maximum atomic E-state index is 13.8. The molecule has 2 aliphatic heterocycles. The molecule has 0 spiro atoms. The lowest BCUT2D eigenvalue weighted by molar-refractivity contribution is 0.0292. The predicted octanol–water partition coefficient (Wildman–Crippen LogP) is 4.38. The Kier molecular flexibility index (Phi) is 7.67. The van der Waals surface area contributed by atoms with Gasteiger partial charge in [0.25, 0.3) is 0 Å². The van der Waals surface area contributed by atoms with Crippen molar-refractivity contribution in [1.82, 2.24) is 9.80 Å². The van der Waals surface area contributed by atoms with E-state index in [1.54, 1.807) is 6.07 Å². The van der Waals surface area contributed by atoms with Crippen molar-refractivity contribution in [3.63, 3.8) is 0 Å². The van der Waals surface area contributed by atoms with E-state index >= 15 is 0 Å². The van der Waals surface area contributed by atoms with Crippen molar-refractivity contribution in [3.05, 3.63) is 83.6 Å². The van der Waals surface area contributed by atoms with Crippen LogP contribution in [0.2, 0.25) is 0 Å². The maximum absolute atomic E-state index is 13.8. The third-order valence-electron chi connectivity index (χ3n) is 5.99. The summed E-state index contributed by atoms with van der Waals surface area (Å²) < 4.78 is 39.1. The monoisotopic (exact) mass is 428 g/mol. The molecule has 4 nitrogen and oxygen atoms in total. The van der Waals surface area contributed by atoms with Gasteiger partial charge >= 0.3 is 0 Å². The highest BCUT2D eigenvalue weighted by atomic mass is 19.2. The maximum Gasteiger partial charge on any atom is 0.159 e. The summed E-state index contributed by atoms with van der Waals surface area (Å²) in [5.41, 5.74) is 1.55. The summed E-state index contributed by atoms with van der Waals surface area (Å²) in [7, 11) is 0. The lowest BCUT2D eigenvalue weighted by atomic mass is 10.0. The molecular weight excluding hydrogens is 398 g/mol. The minimum absolute atomic E-state index is 0.308. The number of hydrogen-bond acceptors (Lipinski definition) is 4. The molecule has 0 aliphatic carbocycles. The van der Waals surface area contributed by atoms with Gasteiger partial charge in [-0.3, -0.25) is 9.80 Å². The summed E-state index contributed by atoms with van der Waals surface area (Å²) in [5, 5.41) is 0. The van der Waals surface area contributed by atoms with Crippen molar-refractivity contribution >= 4 is 0 Å². The summed E-state index contributed by atoms with van der Waals surface area (Å²) in [4.78, 5) is 4.86. The Morgan fingerprint density at radius 3 is 2.42 bits per heavy atom. The fraction of sp³-hybridized carbons (Fsp3) is 0.440. The minimum Gasteiger partial charge on any atom is -0.497 e. The molecule has 0 saturated carbocycles. The molecular formula is C25H30F2N2O2. The molecule has 0 N–H and O–H groups in total. The van der Waals surface area contributed by atoms with Crippen molar-refractivity contribution in [2.45, 2.75) is 25.0 Å². The van der Waals surface area contributed by atoms with Gasteiger partial charge in [0.15, 0.2) is 11.6 Å². The lowest BCUT2D eigenvalue weighted by Crippen LogP contribution is -2.49. The number of benzene rings is 2. The van der Waals surface area contributed by atoms with Crippen LogP contribution in [-0.4, -0.2) is 61.8 Å². The average Bonchev–Trinajstić information content (AvgIpc) is 2.81. The van der Waals surface area contributed by atoms with Crippen LogP contribution in [0.1, 0.15) is 30.1 Å². The van der Waals surface area contributed by atoms with E-state index in [1.165, 1.54) is 6.07 Å². The third-order valence-corrected chi connectivity index (χ3v) is 5.99. The number of ether oxygens (including phenoxy) is 2. The number of halogens is 2. The fourth-order valence-corrected chi connectivity index (χ4v) is 4.19. The molecule has 31 heavy (non-hydrogen) atoms. The van der Waals surface area contributed by atoms with Gasteiger partial charge in [0.2, 0.25) is 0 Å². The first-order valence-electron chi connectivity index (χ1n) is 11.1. The van der Waals surface area contributed by atoms with Crippen molar-refractivity contribution in [2.75, 3.05) is 45.9 Å². The molecule has 1 fully saturated rings. The number of allylic oxidation sites excluding steroid dienone is 1. The SMILES string of the molecule is Fc1ccc(C(OCCN2CCN(CC3CCC=CO3)CC2)c2ccccc2)cc1F. The lowest BCUT2D eigenvalue weighted by Gasteiger charge is -2.36. The molecule has 0 radical (unpaired) electrons. The van der Waals surface area contributed by atoms with Crippen LogP contribution in [0.25, 0.3) is 0 Å². The van der Waals surface area contributed by atoms with Crippen LogP contribution in [0.3, 0.4) is 0 Å². The van der Waals surface area contributed by atoms with Crippen LogP contribution in [0.5, 0.6) is 0 Å². The van der Waals surface area contributed by atoms with Crippen LogP contribution in [0.15, 0.2) is 60.9 Å². The minimum atomic E-state index is -0.851. The molecule has 166 valence electrons. The van der Waals surface area contributed by atoms with Crippen LogP contribution >= 0.6 is 0 Å². The van der Waals surface area contributed by atoms with E-state index in [0.29, 0.717) is 18.3 Å². The highest BCUT2D eigenvalue weighted by molar-refractivity contribution is 5.30. The molecule has 2 aromatic carbocycles. The number of hydrogen-bond donors (Lipinski definition) is 0. The van der Waals surface area contributed by atoms with E-state index in [-0.39, 0.29) is 0 Å². The Bertz CT molecular complexity index is 854. The van der Waals surface area contributed by atoms with E-state index in [9.17, 15) is 8.78 Å². The zero-order valence-corrected chi connectivity index (χ0v) is 17.8. The Balaban J connectivity index is 1.28. The molecule has 0 bridgehead atoms. The van der Waals surface area contributed by atoms with Gasteiger partial charge in [0, 0.05) is 39.3 Å². The Hall–Kier alpha value is -2.28. The molecule has 4 rings (SSSR count). The van der Waals surface area contributed by atoms with Crippen LogP contribution < -0.4 is 0 Å². The Morgan fingerprint density at radius 2 is 1.71 bits per heavy atom. The smallest absolute Gasteiger partial charge is 0.159 e. The van der Waals surface area contributed by atoms with E-state index in [2.05, 4.69) is 15.9 Å². The molecule has 6 heteroatoms. The summed E-state index contributed by atoms with van der Waals surface area (Å²) >= 11 is 0. The summed E-state index contributed by atoms with van der Waals surface area (Å²) in [6.45, 7) is 6.35. The number of nitrogens with zero attached hydrogens (tertiary/aromatic N) is 2. The molecule has 2 heterocycles. The van der Waals surface area contributed by atoms with Crippen molar-refractivity contribution in [1.29, 1.82) is 0 Å². The van der Waals surface area contributed by atoms with Gasteiger partial charge in [-0.2, -0.15) is 0 Å². The number of rotatable bonds is 8. The quantitative estimate of drug-likeness (QED) is 0.623. The first-order valence-corrected chi connectivity index (χ1v) is 11.1. The van der Waals surface area contributed by atoms with E-state index in [4.69, 9.17) is 9.47 Å². The largest absolute Gasteiger partial charge is 0.497 e. The van der Waals surface area contributed by atoms with E-state index in [1.807, 2.05) is 36.6 Å². The fourth-order valence-electron chi connectivity index (χ4n) is 4.19. The van der Waals surface area contributed by atoms with Gasteiger partial charge in [0.1, 0.15) is 12.2 Å². The molecule has 2 atom stereocenters. The molecule has 2 aliphatic rings.